The second-order valence-electron chi connectivity index (χ2n) is 4.70. The maximum absolute atomic E-state index is 13.3. The molecule has 0 saturated carbocycles. The van der Waals surface area contributed by atoms with Crippen molar-refractivity contribution < 1.29 is 9.60 Å². The molecule has 0 amide bonds. The zero-order valence-corrected chi connectivity index (χ0v) is 11.7. The van der Waals surface area contributed by atoms with Gasteiger partial charge >= 0.3 is 0 Å². The third kappa shape index (κ3) is 3.61. The highest BCUT2D eigenvalue weighted by Crippen LogP contribution is 2.21. The molecule has 1 aliphatic heterocycles. The summed E-state index contributed by atoms with van der Waals surface area (Å²) < 4.78 is 13.3. The number of nitrogens with two attached hydrogens (primary N) is 1. The highest BCUT2D eigenvalue weighted by Gasteiger charge is 2.18. The molecule has 1 aromatic rings. The topological polar surface area (TPSA) is 61.8 Å². The van der Waals surface area contributed by atoms with Crippen LogP contribution in [0.5, 0.6) is 0 Å². The molecule has 4 nitrogen and oxygen atoms in total. The highest BCUT2D eigenvalue weighted by molar-refractivity contribution is 7.99. The fraction of sp³-hybridized carbons (Fsp3) is 0.462. The van der Waals surface area contributed by atoms with Gasteiger partial charge in [0.25, 0.3) is 0 Å². The third-order valence-corrected chi connectivity index (χ3v) is 4.31. The fourth-order valence-corrected chi connectivity index (χ4v) is 3.34. The van der Waals surface area contributed by atoms with Crippen molar-refractivity contribution in [1.82, 2.24) is 4.90 Å². The van der Waals surface area contributed by atoms with Crippen molar-refractivity contribution in [3.05, 3.63) is 35.1 Å². The summed E-state index contributed by atoms with van der Waals surface area (Å²) in [5.41, 5.74) is 6.96. The molecule has 1 aliphatic rings. The predicted molar refractivity (Wildman–Crippen MR) is 76.1 cm³/mol. The van der Waals surface area contributed by atoms with E-state index in [1.165, 1.54) is 12.1 Å². The van der Waals surface area contributed by atoms with E-state index in [0.717, 1.165) is 24.4 Å². The summed E-state index contributed by atoms with van der Waals surface area (Å²) in [7, 11) is 0. The summed E-state index contributed by atoms with van der Waals surface area (Å²) >= 11 is 1.96. The molecule has 1 heterocycles. The van der Waals surface area contributed by atoms with E-state index in [-0.39, 0.29) is 11.7 Å². The van der Waals surface area contributed by atoms with Gasteiger partial charge in [-0.25, -0.2) is 4.39 Å². The van der Waals surface area contributed by atoms with E-state index in [4.69, 9.17) is 10.9 Å². The monoisotopic (exact) mass is 283 g/mol. The van der Waals surface area contributed by atoms with Crippen molar-refractivity contribution in [2.24, 2.45) is 10.9 Å². The lowest BCUT2D eigenvalue weighted by Crippen LogP contribution is -2.36. The Bertz CT molecular complexity index is 481. The van der Waals surface area contributed by atoms with Crippen LogP contribution in [0.1, 0.15) is 18.1 Å². The Hall–Kier alpha value is -1.27. The number of thioether (sulfide) groups is 1. The van der Waals surface area contributed by atoms with E-state index in [1.54, 1.807) is 6.07 Å². The Balaban J connectivity index is 2.19. The first-order valence-corrected chi connectivity index (χ1v) is 7.25. The Morgan fingerprint density at radius 1 is 1.63 bits per heavy atom. The molecular formula is C13H18FN3OS. The molecule has 2 rings (SSSR count). The van der Waals surface area contributed by atoms with Crippen molar-refractivity contribution in [2.75, 3.05) is 18.8 Å². The van der Waals surface area contributed by atoms with Crippen LogP contribution in [0.15, 0.2) is 23.4 Å². The minimum absolute atomic E-state index is 0.0473. The lowest BCUT2D eigenvalue weighted by atomic mass is 10.1. The fourth-order valence-electron chi connectivity index (χ4n) is 2.25. The molecule has 0 aliphatic carbocycles. The first-order chi connectivity index (χ1) is 9.10. The smallest absolute Gasteiger partial charge is 0.170 e. The molecule has 3 N–H and O–H groups in total. The number of benzene rings is 1. The van der Waals surface area contributed by atoms with Gasteiger partial charge in [-0.2, -0.15) is 11.8 Å². The first-order valence-electron chi connectivity index (χ1n) is 6.20. The van der Waals surface area contributed by atoms with Gasteiger partial charge in [-0.3, -0.25) is 4.90 Å². The minimum Gasteiger partial charge on any atom is -0.409 e. The number of hydrogen-bond donors (Lipinski definition) is 2. The molecular weight excluding hydrogens is 265 g/mol. The highest BCUT2D eigenvalue weighted by atomic mass is 32.2. The van der Waals surface area contributed by atoms with E-state index in [0.29, 0.717) is 17.4 Å². The van der Waals surface area contributed by atoms with Crippen LogP contribution in [-0.4, -0.2) is 40.0 Å². The van der Waals surface area contributed by atoms with Crippen LogP contribution >= 0.6 is 11.8 Å². The molecule has 1 fully saturated rings. The predicted octanol–water partition coefficient (Wildman–Crippen LogP) is 1.86. The van der Waals surface area contributed by atoms with Crippen molar-refractivity contribution in [3.63, 3.8) is 0 Å². The van der Waals surface area contributed by atoms with Gasteiger partial charge in [-0.1, -0.05) is 18.1 Å². The summed E-state index contributed by atoms with van der Waals surface area (Å²) in [6.45, 7) is 4.89. The number of nitrogens with zero attached hydrogens (tertiary/aromatic N) is 2. The number of oxime groups is 1. The van der Waals surface area contributed by atoms with Gasteiger partial charge in [0, 0.05) is 36.2 Å². The van der Waals surface area contributed by atoms with E-state index in [9.17, 15) is 4.39 Å². The summed E-state index contributed by atoms with van der Waals surface area (Å²) in [4.78, 5) is 2.31. The molecule has 1 atom stereocenters. The molecule has 104 valence electrons. The zero-order chi connectivity index (χ0) is 13.8. The van der Waals surface area contributed by atoms with E-state index in [2.05, 4.69) is 17.0 Å². The van der Waals surface area contributed by atoms with Gasteiger partial charge in [-0.15, -0.1) is 0 Å². The SMILES string of the molecule is CC1CN(Cc2ccc(F)cc2/C(N)=N/O)CCS1. The number of halogens is 1. The summed E-state index contributed by atoms with van der Waals surface area (Å²) in [6.07, 6.45) is 0. The van der Waals surface area contributed by atoms with Gasteiger partial charge < -0.3 is 10.9 Å². The van der Waals surface area contributed by atoms with Crippen molar-refractivity contribution in [2.45, 2.75) is 18.7 Å². The normalized spacial score (nSPS) is 21.6. The Labute approximate surface area is 116 Å². The molecule has 0 aromatic heterocycles. The quantitative estimate of drug-likeness (QED) is 0.385. The Morgan fingerprint density at radius 3 is 3.11 bits per heavy atom. The van der Waals surface area contributed by atoms with Crippen LogP contribution in [0.3, 0.4) is 0 Å². The van der Waals surface area contributed by atoms with E-state index >= 15 is 0 Å². The largest absolute Gasteiger partial charge is 0.409 e. The van der Waals surface area contributed by atoms with Crippen LogP contribution in [0.25, 0.3) is 0 Å². The molecule has 1 saturated heterocycles. The zero-order valence-electron chi connectivity index (χ0n) is 10.8. The van der Waals surface area contributed by atoms with Gasteiger partial charge in [-0.05, 0) is 17.7 Å². The summed E-state index contributed by atoms with van der Waals surface area (Å²) in [6, 6.07) is 4.42. The van der Waals surface area contributed by atoms with Crippen molar-refractivity contribution >= 4 is 17.6 Å². The average molecular weight is 283 g/mol. The molecule has 6 heteroatoms. The third-order valence-electron chi connectivity index (χ3n) is 3.17. The van der Waals surface area contributed by atoms with E-state index in [1.807, 2.05) is 11.8 Å². The van der Waals surface area contributed by atoms with Gasteiger partial charge in [0.15, 0.2) is 5.84 Å². The molecule has 0 spiro atoms. The second-order valence-corrected chi connectivity index (χ2v) is 6.25. The molecule has 1 aromatic carbocycles. The van der Waals surface area contributed by atoms with E-state index < -0.39 is 0 Å². The molecule has 0 bridgehead atoms. The molecule has 0 radical (unpaired) electrons. The van der Waals surface area contributed by atoms with Crippen molar-refractivity contribution in [3.8, 4) is 0 Å². The van der Waals surface area contributed by atoms with Gasteiger partial charge in [0.2, 0.25) is 0 Å². The van der Waals surface area contributed by atoms with Crippen LogP contribution in [-0.2, 0) is 6.54 Å². The Morgan fingerprint density at radius 2 is 2.42 bits per heavy atom. The van der Waals surface area contributed by atoms with Crippen LogP contribution < -0.4 is 5.73 Å². The number of hydrogen-bond acceptors (Lipinski definition) is 4. The summed E-state index contributed by atoms with van der Waals surface area (Å²) in [5.74, 6) is 0.670. The maximum atomic E-state index is 13.3. The number of rotatable bonds is 3. The standard InChI is InChI=1S/C13H18FN3OS/c1-9-7-17(4-5-19-9)8-10-2-3-11(14)6-12(10)13(15)16-18/h2-3,6,9,18H,4-5,7-8H2,1H3,(H2,15,16). The maximum Gasteiger partial charge on any atom is 0.170 e. The lowest BCUT2D eigenvalue weighted by molar-refractivity contribution is 0.278. The number of amidine groups is 1. The van der Waals surface area contributed by atoms with Crippen molar-refractivity contribution in [1.29, 1.82) is 0 Å². The summed E-state index contributed by atoms with van der Waals surface area (Å²) in [5, 5.41) is 12.3. The van der Waals surface area contributed by atoms with Crippen LogP contribution in [0.4, 0.5) is 4.39 Å². The molecule has 19 heavy (non-hydrogen) atoms. The van der Waals surface area contributed by atoms with Gasteiger partial charge in [0.05, 0.1) is 0 Å². The second kappa shape index (κ2) is 6.25. The van der Waals surface area contributed by atoms with Gasteiger partial charge in [0.1, 0.15) is 5.82 Å². The van der Waals surface area contributed by atoms with Crippen LogP contribution in [0, 0.1) is 5.82 Å². The lowest BCUT2D eigenvalue weighted by Gasteiger charge is -2.30. The Kier molecular flexibility index (Phi) is 4.66. The van der Waals surface area contributed by atoms with Crippen LogP contribution in [0.2, 0.25) is 0 Å². The molecule has 1 unspecified atom stereocenters. The minimum atomic E-state index is -0.382. The average Bonchev–Trinajstić information content (AvgIpc) is 2.40. The first kappa shape index (κ1) is 14.1.